The van der Waals surface area contributed by atoms with Crippen molar-refractivity contribution in [2.45, 2.75) is 24.3 Å². The molecule has 1 aromatic carbocycles. The molecule has 0 spiro atoms. The van der Waals surface area contributed by atoms with Gasteiger partial charge in [0.25, 0.3) is 0 Å². The summed E-state index contributed by atoms with van der Waals surface area (Å²) < 4.78 is 4.66. The molecule has 1 N–H and O–H groups in total. The molecule has 2 atom stereocenters. The monoisotopic (exact) mass is 254 g/mol. The number of thioether (sulfide) groups is 1. The van der Waals surface area contributed by atoms with E-state index >= 15 is 0 Å². The van der Waals surface area contributed by atoms with Crippen LogP contribution in [-0.4, -0.2) is 24.4 Å². The molecular formula is C13H18O3S. The van der Waals surface area contributed by atoms with E-state index in [2.05, 4.69) is 4.74 Å². The maximum Gasteiger partial charge on any atom is 0.311 e. The SMILES string of the molecule is COC(=O)C(C)C(C)(O)c1ccc(SC)cc1. The molecule has 0 aliphatic heterocycles. The molecule has 1 aromatic rings. The third-order valence-electron chi connectivity index (χ3n) is 3.07. The molecule has 0 saturated carbocycles. The van der Waals surface area contributed by atoms with Gasteiger partial charge in [0.15, 0.2) is 0 Å². The summed E-state index contributed by atoms with van der Waals surface area (Å²) in [6.07, 6.45) is 1.99. The van der Waals surface area contributed by atoms with Crippen molar-refractivity contribution >= 4 is 17.7 Å². The van der Waals surface area contributed by atoms with Gasteiger partial charge in [-0.25, -0.2) is 0 Å². The van der Waals surface area contributed by atoms with Gasteiger partial charge in [0, 0.05) is 4.90 Å². The van der Waals surface area contributed by atoms with Gasteiger partial charge in [-0.2, -0.15) is 0 Å². The third-order valence-corrected chi connectivity index (χ3v) is 3.82. The Morgan fingerprint density at radius 3 is 2.35 bits per heavy atom. The minimum atomic E-state index is -1.22. The van der Waals surface area contributed by atoms with Crippen LogP contribution in [-0.2, 0) is 15.1 Å². The van der Waals surface area contributed by atoms with Crippen LogP contribution in [0, 0.1) is 5.92 Å². The molecule has 0 aromatic heterocycles. The van der Waals surface area contributed by atoms with Crippen molar-refractivity contribution in [2.75, 3.05) is 13.4 Å². The molecule has 0 radical (unpaired) electrons. The molecule has 4 heteroatoms. The lowest BCUT2D eigenvalue weighted by atomic mass is 9.84. The first-order valence-corrected chi connectivity index (χ1v) is 6.60. The Balaban J connectivity index is 2.99. The second-order valence-electron chi connectivity index (χ2n) is 4.12. The molecule has 94 valence electrons. The molecule has 0 heterocycles. The molecule has 0 aliphatic carbocycles. The van der Waals surface area contributed by atoms with E-state index in [9.17, 15) is 9.90 Å². The van der Waals surface area contributed by atoms with E-state index in [0.29, 0.717) is 5.56 Å². The molecule has 0 amide bonds. The van der Waals surface area contributed by atoms with Gasteiger partial charge in [-0.1, -0.05) is 12.1 Å². The van der Waals surface area contributed by atoms with Crippen molar-refractivity contribution in [1.82, 2.24) is 0 Å². The third kappa shape index (κ3) is 3.01. The van der Waals surface area contributed by atoms with Crippen molar-refractivity contribution in [1.29, 1.82) is 0 Å². The highest BCUT2D eigenvalue weighted by atomic mass is 32.2. The molecule has 0 bridgehead atoms. The number of ether oxygens (including phenoxy) is 1. The normalized spacial score (nSPS) is 16.1. The zero-order valence-electron chi connectivity index (χ0n) is 10.6. The fourth-order valence-corrected chi connectivity index (χ4v) is 1.99. The van der Waals surface area contributed by atoms with Crippen LogP contribution in [0.3, 0.4) is 0 Å². The largest absolute Gasteiger partial charge is 0.469 e. The summed E-state index contributed by atoms with van der Waals surface area (Å²) in [6, 6.07) is 7.54. The standard InChI is InChI=1S/C13H18O3S/c1-9(12(14)16-3)13(2,15)10-5-7-11(17-4)8-6-10/h5-9,15H,1-4H3. The zero-order valence-corrected chi connectivity index (χ0v) is 11.4. The minimum absolute atomic E-state index is 0.413. The molecule has 0 saturated heterocycles. The summed E-state index contributed by atoms with van der Waals surface area (Å²) >= 11 is 1.63. The number of methoxy groups -OCH3 is 1. The number of hydrogen-bond acceptors (Lipinski definition) is 4. The summed E-state index contributed by atoms with van der Waals surface area (Å²) in [5.74, 6) is -1.02. The maximum atomic E-state index is 11.5. The quantitative estimate of drug-likeness (QED) is 0.662. The van der Waals surface area contributed by atoms with Crippen LogP contribution in [0.1, 0.15) is 19.4 Å². The summed E-state index contributed by atoms with van der Waals surface area (Å²) in [5, 5.41) is 10.4. The lowest BCUT2D eigenvalue weighted by Crippen LogP contribution is -2.35. The van der Waals surface area contributed by atoms with Crippen LogP contribution < -0.4 is 0 Å². The average Bonchev–Trinajstić information content (AvgIpc) is 2.36. The van der Waals surface area contributed by atoms with Gasteiger partial charge in [-0.05, 0) is 37.8 Å². The van der Waals surface area contributed by atoms with Crippen molar-refractivity contribution in [2.24, 2.45) is 5.92 Å². The van der Waals surface area contributed by atoms with Gasteiger partial charge in [0.1, 0.15) is 0 Å². The lowest BCUT2D eigenvalue weighted by Gasteiger charge is -2.29. The summed E-state index contributed by atoms with van der Waals surface area (Å²) in [7, 11) is 1.33. The Morgan fingerprint density at radius 1 is 1.41 bits per heavy atom. The first-order chi connectivity index (χ1) is 7.93. The van der Waals surface area contributed by atoms with Crippen molar-refractivity contribution in [3.63, 3.8) is 0 Å². The van der Waals surface area contributed by atoms with Gasteiger partial charge in [0.05, 0.1) is 18.6 Å². The minimum Gasteiger partial charge on any atom is -0.469 e. The first-order valence-electron chi connectivity index (χ1n) is 5.38. The van der Waals surface area contributed by atoms with Crippen LogP contribution in [0.2, 0.25) is 0 Å². The van der Waals surface area contributed by atoms with Gasteiger partial charge in [-0.15, -0.1) is 11.8 Å². The molecule has 1 rings (SSSR count). The Kier molecular flexibility index (Phi) is 4.60. The van der Waals surface area contributed by atoms with Gasteiger partial charge < -0.3 is 9.84 Å². The number of rotatable bonds is 4. The average molecular weight is 254 g/mol. The molecule has 2 unspecified atom stereocenters. The summed E-state index contributed by atoms with van der Waals surface area (Å²) in [5.41, 5.74) is -0.502. The lowest BCUT2D eigenvalue weighted by molar-refractivity contribution is -0.154. The fourth-order valence-electron chi connectivity index (χ4n) is 1.58. The van der Waals surface area contributed by atoms with Crippen LogP contribution in [0.4, 0.5) is 0 Å². The van der Waals surface area contributed by atoms with Gasteiger partial charge >= 0.3 is 5.97 Å². The number of carbonyl (C=O) groups excluding carboxylic acids is 1. The van der Waals surface area contributed by atoms with Crippen LogP contribution >= 0.6 is 11.8 Å². The molecule has 0 fully saturated rings. The van der Waals surface area contributed by atoms with E-state index in [1.165, 1.54) is 7.11 Å². The van der Waals surface area contributed by atoms with Crippen molar-refractivity contribution in [3.05, 3.63) is 29.8 Å². The predicted octanol–water partition coefficient (Wildman–Crippen LogP) is 2.43. The Morgan fingerprint density at radius 2 is 1.94 bits per heavy atom. The number of carbonyl (C=O) groups is 1. The van der Waals surface area contributed by atoms with E-state index in [1.54, 1.807) is 25.6 Å². The maximum absolute atomic E-state index is 11.5. The molecular weight excluding hydrogens is 236 g/mol. The molecule has 3 nitrogen and oxygen atoms in total. The van der Waals surface area contributed by atoms with Gasteiger partial charge in [0.2, 0.25) is 0 Å². The van der Waals surface area contributed by atoms with E-state index < -0.39 is 17.5 Å². The summed E-state index contributed by atoms with van der Waals surface area (Å²) in [4.78, 5) is 12.6. The number of benzene rings is 1. The van der Waals surface area contributed by atoms with Crippen molar-refractivity contribution in [3.8, 4) is 0 Å². The van der Waals surface area contributed by atoms with Crippen LogP contribution in [0.15, 0.2) is 29.2 Å². The van der Waals surface area contributed by atoms with Crippen LogP contribution in [0.5, 0.6) is 0 Å². The van der Waals surface area contributed by atoms with E-state index in [1.807, 2.05) is 30.5 Å². The Hall–Kier alpha value is -1.00. The van der Waals surface area contributed by atoms with E-state index in [4.69, 9.17) is 0 Å². The highest BCUT2D eigenvalue weighted by Crippen LogP contribution is 2.31. The highest BCUT2D eigenvalue weighted by molar-refractivity contribution is 7.98. The fraction of sp³-hybridized carbons (Fsp3) is 0.462. The highest BCUT2D eigenvalue weighted by Gasteiger charge is 2.36. The van der Waals surface area contributed by atoms with E-state index in [-0.39, 0.29) is 0 Å². The number of aliphatic hydroxyl groups is 1. The smallest absolute Gasteiger partial charge is 0.311 e. The van der Waals surface area contributed by atoms with Crippen molar-refractivity contribution < 1.29 is 14.6 Å². The zero-order chi connectivity index (χ0) is 13.1. The van der Waals surface area contributed by atoms with Crippen LogP contribution in [0.25, 0.3) is 0 Å². The topological polar surface area (TPSA) is 46.5 Å². The first kappa shape index (κ1) is 14.1. The number of esters is 1. The second-order valence-corrected chi connectivity index (χ2v) is 5.00. The molecule has 0 aliphatic rings. The predicted molar refractivity (Wildman–Crippen MR) is 69.0 cm³/mol. The Labute approximate surface area is 106 Å². The van der Waals surface area contributed by atoms with E-state index in [0.717, 1.165) is 4.90 Å². The Bertz CT molecular complexity index is 384. The molecule has 17 heavy (non-hydrogen) atoms. The number of hydrogen-bond donors (Lipinski definition) is 1. The second kappa shape index (κ2) is 5.56. The van der Waals surface area contributed by atoms with Gasteiger partial charge in [-0.3, -0.25) is 4.79 Å². The summed E-state index contributed by atoms with van der Waals surface area (Å²) in [6.45, 7) is 3.29.